The second-order valence-electron chi connectivity index (χ2n) is 9.46. The summed E-state index contributed by atoms with van der Waals surface area (Å²) in [5.41, 5.74) is -0.219. The van der Waals surface area contributed by atoms with E-state index in [2.05, 4.69) is 0 Å². The Hall–Kier alpha value is -2.66. The molecule has 1 aliphatic carbocycles. The molecule has 0 bridgehead atoms. The molecule has 1 nitrogen and oxygen atoms in total. The number of hydrogen-bond acceptors (Lipinski definition) is 1. The fourth-order valence-electron chi connectivity index (χ4n) is 6.12. The first-order valence-electron chi connectivity index (χ1n) is 12.5. The summed E-state index contributed by atoms with van der Waals surface area (Å²) in [7, 11) is 1.54. The van der Waals surface area contributed by atoms with Crippen LogP contribution in [0.15, 0.2) is 54.6 Å². The van der Waals surface area contributed by atoms with E-state index >= 15 is 17.6 Å². The maximum Gasteiger partial charge on any atom is 0.170 e. The van der Waals surface area contributed by atoms with Crippen molar-refractivity contribution in [2.24, 2.45) is 5.92 Å². The molecule has 0 radical (unpaired) electrons. The van der Waals surface area contributed by atoms with Crippen LogP contribution in [-0.4, -0.2) is 12.7 Å². The van der Waals surface area contributed by atoms with E-state index in [1.54, 1.807) is 26.2 Å². The Morgan fingerprint density at radius 1 is 0.800 bits per heavy atom. The van der Waals surface area contributed by atoms with E-state index in [1.165, 1.54) is 12.1 Å². The van der Waals surface area contributed by atoms with E-state index in [0.29, 0.717) is 12.8 Å². The molecule has 0 heterocycles. The van der Waals surface area contributed by atoms with Gasteiger partial charge in [-0.15, -0.1) is 0 Å². The third kappa shape index (κ3) is 4.40. The van der Waals surface area contributed by atoms with Gasteiger partial charge in [0.1, 0.15) is 0 Å². The smallest absolute Gasteiger partial charge is 0.170 e. The Morgan fingerprint density at radius 3 is 1.91 bits per heavy atom. The minimum Gasteiger partial charge on any atom is -0.377 e. The number of rotatable bonds is 7. The highest BCUT2D eigenvalue weighted by Gasteiger charge is 2.48. The van der Waals surface area contributed by atoms with Crippen molar-refractivity contribution in [1.29, 1.82) is 0 Å². The van der Waals surface area contributed by atoms with Crippen LogP contribution >= 0.6 is 0 Å². The molecular weight excluding hydrogens is 452 g/mol. The normalized spacial score (nSPS) is 21.2. The topological polar surface area (TPSA) is 9.23 Å². The lowest BCUT2D eigenvalue weighted by atomic mass is 9.64. The fraction of sp³-hybridized carbons (Fsp3) is 0.400. The molecule has 4 rings (SSSR count). The molecule has 0 N–H and O–H groups in total. The summed E-state index contributed by atoms with van der Waals surface area (Å²) in [6.45, 7) is 3.81. The first kappa shape index (κ1) is 25.4. The van der Waals surface area contributed by atoms with Gasteiger partial charge in [0.15, 0.2) is 23.3 Å². The molecular formula is C30H32F4O. The van der Waals surface area contributed by atoms with E-state index in [4.69, 9.17) is 4.74 Å². The van der Waals surface area contributed by atoms with Crippen molar-refractivity contribution in [2.45, 2.75) is 63.9 Å². The first-order chi connectivity index (χ1) is 16.9. The average molecular weight is 485 g/mol. The van der Waals surface area contributed by atoms with Gasteiger partial charge in [0, 0.05) is 18.6 Å². The van der Waals surface area contributed by atoms with Gasteiger partial charge in [-0.3, -0.25) is 0 Å². The molecule has 5 heteroatoms. The van der Waals surface area contributed by atoms with Gasteiger partial charge in [-0.1, -0.05) is 87.7 Å². The molecule has 3 unspecified atom stereocenters. The van der Waals surface area contributed by atoms with Crippen LogP contribution in [0.4, 0.5) is 17.6 Å². The second kappa shape index (κ2) is 10.5. The van der Waals surface area contributed by atoms with Gasteiger partial charge in [-0.25, -0.2) is 17.6 Å². The highest BCUT2D eigenvalue weighted by molar-refractivity contribution is 5.71. The van der Waals surface area contributed by atoms with Crippen LogP contribution in [0.5, 0.6) is 0 Å². The van der Waals surface area contributed by atoms with Gasteiger partial charge in [-0.2, -0.15) is 0 Å². The van der Waals surface area contributed by atoms with Gasteiger partial charge in [0.2, 0.25) is 0 Å². The molecule has 3 aromatic rings. The Labute approximate surface area is 205 Å². The largest absolute Gasteiger partial charge is 0.377 e. The van der Waals surface area contributed by atoms with Gasteiger partial charge >= 0.3 is 0 Å². The minimum absolute atomic E-state index is 0.0568. The molecule has 0 aromatic heterocycles. The summed E-state index contributed by atoms with van der Waals surface area (Å²) in [6.07, 6.45) is 4.39. The molecule has 3 atom stereocenters. The molecule has 35 heavy (non-hydrogen) atoms. The van der Waals surface area contributed by atoms with Crippen LogP contribution < -0.4 is 0 Å². The van der Waals surface area contributed by atoms with Crippen LogP contribution in [-0.2, 0) is 4.74 Å². The van der Waals surface area contributed by atoms with Crippen molar-refractivity contribution in [3.05, 3.63) is 83.4 Å². The monoisotopic (exact) mass is 484 g/mol. The Kier molecular flexibility index (Phi) is 7.65. The molecule has 1 saturated carbocycles. The zero-order valence-corrected chi connectivity index (χ0v) is 20.5. The fourth-order valence-corrected chi connectivity index (χ4v) is 6.12. The van der Waals surface area contributed by atoms with Crippen molar-refractivity contribution in [1.82, 2.24) is 0 Å². The van der Waals surface area contributed by atoms with Crippen molar-refractivity contribution >= 4 is 0 Å². The first-order valence-corrected chi connectivity index (χ1v) is 12.5. The summed E-state index contributed by atoms with van der Waals surface area (Å²) >= 11 is 0. The quantitative estimate of drug-likeness (QED) is 0.240. The minimum atomic E-state index is -1.36. The third-order valence-corrected chi connectivity index (χ3v) is 7.86. The zero-order chi connectivity index (χ0) is 25.2. The predicted molar refractivity (Wildman–Crippen MR) is 132 cm³/mol. The zero-order valence-electron chi connectivity index (χ0n) is 20.5. The SMILES string of the molecule is CCC1CCCCC1(OC)C(CC)c1c(F)c(F)c(-c2ccc(-c3ccccc3)cc2)c(F)c1F. The maximum atomic E-state index is 15.6. The third-order valence-electron chi connectivity index (χ3n) is 7.86. The molecule has 0 amide bonds. The lowest BCUT2D eigenvalue weighted by Crippen LogP contribution is -2.48. The van der Waals surface area contributed by atoms with Gasteiger partial charge in [0.25, 0.3) is 0 Å². The Balaban J connectivity index is 1.81. The number of halogens is 4. The van der Waals surface area contributed by atoms with Crippen LogP contribution in [0.1, 0.15) is 63.9 Å². The van der Waals surface area contributed by atoms with Crippen LogP contribution in [0, 0.1) is 29.2 Å². The highest BCUT2D eigenvalue weighted by Crippen LogP contribution is 2.51. The molecule has 1 aliphatic rings. The van der Waals surface area contributed by atoms with Crippen molar-refractivity contribution < 1.29 is 22.3 Å². The molecule has 3 aromatic carbocycles. The number of methoxy groups -OCH3 is 1. The molecule has 0 spiro atoms. The van der Waals surface area contributed by atoms with E-state index in [0.717, 1.165) is 36.8 Å². The number of ether oxygens (including phenoxy) is 1. The van der Waals surface area contributed by atoms with E-state index in [1.807, 2.05) is 37.3 Å². The molecule has 0 saturated heterocycles. The molecule has 186 valence electrons. The summed E-state index contributed by atoms with van der Waals surface area (Å²) in [5, 5.41) is 0. The number of benzene rings is 3. The molecule has 0 aliphatic heterocycles. The van der Waals surface area contributed by atoms with Crippen molar-refractivity contribution in [3.8, 4) is 22.3 Å². The summed E-state index contributed by atoms with van der Waals surface area (Å²) < 4.78 is 68.1. The predicted octanol–water partition coefficient (Wildman–Crippen LogP) is 9.06. The summed E-state index contributed by atoms with van der Waals surface area (Å²) in [5.74, 6) is -6.11. The van der Waals surface area contributed by atoms with Gasteiger partial charge in [-0.05, 0) is 41.9 Å². The van der Waals surface area contributed by atoms with Gasteiger partial charge < -0.3 is 4.74 Å². The second-order valence-corrected chi connectivity index (χ2v) is 9.46. The van der Waals surface area contributed by atoms with Crippen LogP contribution in [0.3, 0.4) is 0 Å². The Bertz CT molecular complexity index is 1130. The van der Waals surface area contributed by atoms with E-state index in [-0.39, 0.29) is 11.5 Å². The number of hydrogen-bond donors (Lipinski definition) is 0. The van der Waals surface area contributed by atoms with Crippen LogP contribution in [0.25, 0.3) is 22.3 Å². The average Bonchev–Trinajstić information content (AvgIpc) is 2.91. The maximum absolute atomic E-state index is 15.6. The van der Waals surface area contributed by atoms with Crippen molar-refractivity contribution in [2.75, 3.05) is 7.11 Å². The lowest BCUT2D eigenvalue weighted by molar-refractivity contribution is -0.106. The highest BCUT2D eigenvalue weighted by atomic mass is 19.2. The van der Waals surface area contributed by atoms with E-state index < -0.39 is 45.9 Å². The standard InChI is InChI=1S/C30H32F4O/c1-4-22-13-9-10-18-30(22,35-3)23(5-2)25-28(33)26(31)24(27(32)29(25)34)21-16-14-20(15-17-21)19-11-7-6-8-12-19/h6-8,11-12,14-17,22-23H,4-5,9-10,13,18H2,1-3H3. The summed E-state index contributed by atoms with van der Waals surface area (Å²) in [4.78, 5) is 0. The van der Waals surface area contributed by atoms with Gasteiger partial charge in [0.05, 0.1) is 11.2 Å². The Morgan fingerprint density at radius 2 is 1.37 bits per heavy atom. The summed E-state index contributed by atoms with van der Waals surface area (Å²) in [6, 6.07) is 15.9. The van der Waals surface area contributed by atoms with Crippen LogP contribution in [0.2, 0.25) is 0 Å². The lowest BCUT2D eigenvalue weighted by Gasteiger charge is -2.48. The van der Waals surface area contributed by atoms with Crippen molar-refractivity contribution in [3.63, 3.8) is 0 Å². The molecule has 1 fully saturated rings. The van der Waals surface area contributed by atoms with E-state index in [9.17, 15) is 0 Å².